The molecule has 0 unspecified atom stereocenters. The fourth-order valence-corrected chi connectivity index (χ4v) is 5.50. The second-order valence-electron chi connectivity index (χ2n) is 10.6. The Labute approximate surface area is 241 Å². The minimum absolute atomic E-state index is 0.0773. The fourth-order valence-electron chi connectivity index (χ4n) is 5.25. The van der Waals surface area contributed by atoms with E-state index in [1.54, 1.807) is 0 Å². The average molecular weight is 565 g/mol. The molecule has 0 N–H and O–H groups in total. The summed E-state index contributed by atoms with van der Waals surface area (Å²) in [6.07, 6.45) is 4.00. The van der Waals surface area contributed by atoms with E-state index in [-0.39, 0.29) is 17.7 Å². The maximum absolute atomic E-state index is 13.6. The Hall–Kier alpha value is -2.86. The summed E-state index contributed by atoms with van der Waals surface area (Å²) in [4.78, 5) is 33.4. The summed E-state index contributed by atoms with van der Waals surface area (Å²) in [6, 6.07) is 23.6. The molecule has 2 aliphatic rings. The lowest BCUT2D eigenvalue weighted by atomic mass is 10.1. The third-order valence-electron chi connectivity index (χ3n) is 7.54. The molecular formula is C32H35Cl2N3O2. The average Bonchev–Trinajstić information content (AvgIpc) is 3.78. The summed E-state index contributed by atoms with van der Waals surface area (Å²) >= 11 is 12.2. The van der Waals surface area contributed by atoms with Gasteiger partial charge in [-0.05, 0) is 72.7 Å². The Morgan fingerprint density at radius 3 is 2.03 bits per heavy atom. The molecule has 1 fully saturated rings. The molecule has 0 aromatic heterocycles. The van der Waals surface area contributed by atoms with E-state index in [0.29, 0.717) is 31.1 Å². The molecular weight excluding hydrogens is 529 g/mol. The number of hydrogen-bond donors (Lipinski definition) is 0. The van der Waals surface area contributed by atoms with Crippen LogP contribution in [0.5, 0.6) is 0 Å². The van der Waals surface area contributed by atoms with Crippen molar-refractivity contribution in [2.75, 3.05) is 31.1 Å². The molecule has 204 valence electrons. The van der Waals surface area contributed by atoms with Crippen LogP contribution in [0.3, 0.4) is 0 Å². The van der Waals surface area contributed by atoms with E-state index in [0.717, 1.165) is 67.2 Å². The van der Waals surface area contributed by atoms with Crippen molar-refractivity contribution >= 4 is 40.7 Å². The third kappa shape index (κ3) is 7.63. The number of fused-ring (bicyclic) bond motifs is 1. The van der Waals surface area contributed by atoms with Crippen LogP contribution >= 0.6 is 23.2 Å². The van der Waals surface area contributed by atoms with E-state index in [4.69, 9.17) is 23.2 Å². The van der Waals surface area contributed by atoms with E-state index >= 15 is 0 Å². The predicted molar refractivity (Wildman–Crippen MR) is 158 cm³/mol. The molecule has 3 aromatic carbocycles. The van der Waals surface area contributed by atoms with Crippen LogP contribution in [0.1, 0.15) is 42.4 Å². The van der Waals surface area contributed by atoms with E-state index < -0.39 is 0 Å². The Kier molecular flexibility index (Phi) is 9.23. The number of amides is 2. The van der Waals surface area contributed by atoms with E-state index in [1.165, 1.54) is 5.56 Å². The molecule has 5 nitrogen and oxygen atoms in total. The summed E-state index contributed by atoms with van der Waals surface area (Å²) in [5.74, 6) is 0.412. The standard InChI is InChI=1S/C32H35Cl2N3O2/c33-28-13-7-24(8-14-28)21-31(38)36-19-3-17-35(22-25-9-15-29(34)16-10-25)18-4-20-37(32(39)26-11-12-26)30-6-2-1-5-27(30)23-36/h1-2,5-10,13-16,26H,3-4,11-12,17-23H2. The minimum atomic E-state index is 0.0773. The first-order valence-corrected chi connectivity index (χ1v) is 14.6. The highest BCUT2D eigenvalue weighted by atomic mass is 35.5. The zero-order valence-corrected chi connectivity index (χ0v) is 23.7. The number of rotatable bonds is 5. The highest BCUT2D eigenvalue weighted by Crippen LogP contribution is 2.34. The van der Waals surface area contributed by atoms with E-state index in [9.17, 15) is 9.59 Å². The lowest BCUT2D eigenvalue weighted by molar-refractivity contribution is -0.131. The molecule has 1 aliphatic carbocycles. The fraction of sp³-hybridized carbons (Fsp3) is 0.375. The van der Waals surface area contributed by atoms with E-state index in [2.05, 4.69) is 23.1 Å². The molecule has 7 heteroatoms. The van der Waals surface area contributed by atoms with Crippen molar-refractivity contribution in [2.24, 2.45) is 5.92 Å². The van der Waals surface area contributed by atoms with Gasteiger partial charge in [-0.25, -0.2) is 0 Å². The summed E-state index contributed by atoms with van der Waals surface area (Å²) in [6.45, 7) is 4.34. The van der Waals surface area contributed by atoms with Crippen LogP contribution in [0.2, 0.25) is 10.0 Å². The van der Waals surface area contributed by atoms with Gasteiger partial charge in [-0.2, -0.15) is 0 Å². The number of halogens is 2. The van der Waals surface area contributed by atoms with Gasteiger partial charge >= 0.3 is 0 Å². The lowest BCUT2D eigenvalue weighted by Gasteiger charge is -2.32. The van der Waals surface area contributed by atoms with Crippen molar-refractivity contribution in [2.45, 2.75) is 45.2 Å². The molecule has 0 saturated heterocycles. The van der Waals surface area contributed by atoms with Crippen molar-refractivity contribution in [3.05, 3.63) is 99.5 Å². The van der Waals surface area contributed by atoms with Crippen LogP contribution in [0, 0.1) is 5.92 Å². The molecule has 2 amide bonds. The monoisotopic (exact) mass is 563 g/mol. The summed E-state index contributed by atoms with van der Waals surface area (Å²) in [5.41, 5.74) is 4.11. The van der Waals surface area contributed by atoms with Crippen molar-refractivity contribution in [3.8, 4) is 0 Å². The number of carbonyl (C=O) groups excluding carboxylic acids is 2. The highest BCUT2D eigenvalue weighted by Gasteiger charge is 2.35. The number of carbonyl (C=O) groups is 2. The molecule has 0 radical (unpaired) electrons. The first-order valence-electron chi connectivity index (χ1n) is 13.8. The summed E-state index contributed by atoms with van der Waals surface area (Å²) < 4.78 is 0. The molecule has 1 saturated carbocycles. The second-order valence-corrected chi connectivity index (χ2v) is 11.5. The van der Waals surface area contributed by atoms with Crippen LogP contribution < -0.4 is 4.90 Å². The molecule has 0 spiro atoms. The largest absolute Gasteiger partial charge is 0.338 e. The van der Waals surface area contributed by atoms with Gasteiger partial charge in [-0.3, -0.25) is 14.5 Å². The lowest BCUT2D eigenvalue weighted by Crippen LogP contribution is -2.39. The highest BCUT2D eigenvalue weighted by molar-refractivity contribution is 6.30. The van der Waals surface area contributed by atoms with Crippen LogP contribution in [-0.4, -0.2) is 47.8 Å². The molecule has 1 heterocycles. The van der Waals surface area contributed by atoms with Crippen LogP contribution in [-0.2, 0) is 29.1 Å². The predicted octanol–water partition coefficient (Wildman–Crippen LogP) is 6.60. The Morgan fingerprint density at radius 2 is 1.36 bits per heavy atom. The van der Waals surface area contributed by atoms with Gasteiger partial charge < -0.3 is 9.80 Å². The Bertz CT molecular complexity index is 1280. The summed E-state index contributed by atoms with van der Waals surface area (Å²) in [7, 11) is 0. The van der Waals surface area contributed by atoms with Crippen molar-refractivity contribution < 1.29 is 9.59 Å². The molecule has 3 aromatic rings. The maximum Gasteiger partial charge on any atom is 0.230 e. The summed E-state index contributed by atoms with van der Waals surface area (Å²) in [5, 5.41) is 1.39. The normalized spacial score (nSPS) is 17.2. The van der Waals surface area contributed by atoms with Gasteiger partial charge in [0.15, 0.2) is 0 Å². The maximum atomic E-state index is 13.6. The number of para-hydroxylation sites is 1. The molecule has 0 atom stereocenters. The molecule has 39 heavy (non-hydrogen) atoms. The zero-order valence-electron chi connectivity index (χ0n) is 22.2. The zero-order chi connectivity index (χ0) is 27.2. The number of anilines is 1. The third-order valence-corrected chi connectivity index (χ3v) is 8.04. The first kappa shape index (κ1) is 27.7. The van der Waals surface area contributed by atoms with Gasteiger partial charge in [0, 0.05) is 60.9 Å². The van der Waals surface area contributed by atoms with Gasteiger partial charge in [0.25, 0.3) is 0 Å². The van der Waals surface area contributed by atoms with Crippen LogP contribution in [0.15, 0.2) is 72.8 Å². The van der Waals surface area contributed by atoms with Crippen molar-refractivity contribution in [3.63, 3.8) is 0 Å². The number of hydrogen-bond acceptors (Lipinski definition) is 3. The van der Waals surface area contributed by atoms with Crippen LogP contribution in [0.25, 0.3) is 0 Å². The molecule has 0 bridgehead atoms. The first-order chi connectivity index (χ1) is 19.0. The van der Waals surface area contributed by atoms with Crippen molar-refractivity contribution in [1.29, 1.82) is 0 Å². The second kappa shape index (κ2) is 13.0. The SMILES string of the molecule is O=C(Cc1ccc(Cl)cc1)N1CCCN(Cc2ccc(Cl)cc2)CCCN(C(=O)C2CC2)c2ccccc2C1. The van der Waals surface area contributed by atoms with E-state index in [1.807, 2.05) is 64.4 Å². The van der Waals surface area contributed by atoms with Gasteiger partial charge in [-0.15, -0.1) is 0 Å². The number of benzene rings is 3. The van der Waals surface area contributed by atoms with Crippen LogP contribution in [0.4, 0.5) is 5.69 Å². The quantitative estimate of drug-likeness (QED) is 0.351. The Balaban J connectivity index is 1.40. The van der Waals surface area contributed by atoms with Gasteiger partial charge in [0.05, 0.1) is 6.42 Å². The van der Waals surface area contributed by atoms with Gasteiger partial charge in [0.2, 0.25) is 11.8 Å². The van der Waals surface area contributed by atoms with Gasteiger partial charge in [0.1, 0.15) is 0 Å². The smallest absolute Gasteiger partial charge is 0.230 e. The molecule has 1 aliphatic heterocycles. The minimum Gasteiger partial charge on any atom is -0.338 e. The number of nitrogens with zero attached hydrogens (tertiary/aromatic N) is 3. The molecule has 5 rings (SSSR count). The van der Waals surface area contributed by atoms with Gasteiger partial charge in [-0.1, -0.05) is 65.7 Å². The topological polar surface area (TPSA) is 43.9 Å². The Morgan fingerprint density at radius 1 is 0.744 bits per heavy atom. The van der Waals surface area contributed by atoms with Crippen molar-refractivity contribution in [1.82, 2.24) is 9.80 Å².